The molecule has 4 nitrogen and oxygen atoms in total. The zero-order valence-electron chi connectivity index (χ0n) is 16.2. The molecule has 2 aromatic heterocycles. The molecule has 0 aliphatic rings. The highest BCUT2D eigenvalue weighted by atomic mass is 19.1. The van der Waals surface area contributed by atoms with Crippen molar-refractivity contribution in [3.8, 4) is 11.4 Å². The standard InChI is InChI=1S/C24H22FN3O/c1-16-12-13-20-18(15-16)17(24(28-20)22-10-4-5-14-26-22)7-6-11-23(29)27-21-9-3-2-8-19(21)25/h2-5,8-10,12-15,28H,6-7,11H2,1H3,(H,27,29). The number of amides is 1. The number of nitrogens with one attached hydrogen (secondary N) is 2. The van der Waals surface area contributed by atoms with E-state index in [9.17, 15) is 9.18 Å². The van der Waals surface area contributed by atoms with Gasteiger partial charge in [-0.2, -0.15) is 0 Å². The van der Waals surface area contributed by atoms with Gasteiger partial charge >= 0.3 is 0 Å². The maximum atomic E-state index is 13.7. The van der Waals surface area contributed by atoms with E-state index in [0.29, 0.717) is 12.8 Å². The van der Waals surface area contributed by atoms with Gasteiger partial charge in [0.15, 0.2) is 0 Å². The van der Waals surface area contributed by atoms with Crippen molar-refractivity contribution in [3.05, 3.63) is 83.8 Å². The normalized spacial score (nSPS) is 11.0. The zero-order chi connectivity index (χ0) is 20.2. The van der Waals surface area contributed by atoms with Gasteiger partial charge in [0.05, 0.1) is 17.1 Å². The number of rotatable bonds is 6. The quantitative estimate of drug-likeness (QED) is 0.450. The van der Waals surface area contributed by atoms with Crippen LogP contribution in [0.2, 0.25) is 0 Å². The molecule has 0 radical (unpaired) electrons. The Morgan fingerprint density at radius 3 is 2.72 bits per heavy atom. The SMILES string of the molecule is Cc1ccc2[nH]c(-c3ccccn3)c(CCCC(=O)Nc3ccccc3F)c2c1. The number of H-pyrrole nitrogens is 1. The predicted octanol–water partition coefficient (Wildman–Crippen LogP) is 5.64. The Bertz CT molecular complexity index is 1150. The number of anilines is 1. The van der Waals surface area contributed by atoms with Gasteiger partial charge in [0, 0.05) is 23.5 Å². The number of para-hydroxylation sites is 1. The largest absolute Gasteiger partial charge is 0.353 e. The lowest BCUT2D eigenvalue weighted by molar-refractivity contribution is -0.116. The Hall–Kier alpha value is -3.47. The lowest BCUT2D eigenvalue weighted by atomic mass is 10.0. The molecule has 0 saturated heterocycles. The highest BCUT2D eigenvalue weighted by molar-refractivity contribution is 5.92. The first-order chi connectivity index (χ1) is 14.1. The molecule has 2 aromatic carbocycles. The summed E-state index contributed by atoms with van der Waals surface area (Å²) in [5.41, 5.74) is 5.48. The van der Waals surface area contributed by atoms with Gasteiger partial charge in [-0.05, 0) is 61.7 Å². The molecule has 2 heterocycles. The summed E-state index contributed by atoms with van der Waals surface area (Å²) in [6.07, 6.45) is 3.47. The van der Waals surface area contributed by atoms with Gasteiger partial charge in [-0.25, -0.2) is 4.39 Å². The Labute approximate surface area is 168 Å². The minimum atomic E-state index is -0.426. The second-order valence-electron chi connectivity index (χ2n) is 7.12. The van der Waals surface area contributed by atoms with E-state index in [1.807, 2.05) is 18.2 Å². The monoisotopic (exact) mass is 387 g/mol. The van der Waals surface area contributed by atoms with E-state index in [2.05, 4.69) is 40.4 Å². The number of fused-ring (bicyclic) bond motifs is 1. The molecule has 146 valence electrons. The summed E-state index contributed by atoms with van der Waals surface area (Å²) in [6.45, 7) is 2.07. The van der Waals surface area contributed by atoms with Gasteiger partial charge in [-0.15, -0.1) is 0 Å². The third-order valence-corrected chi connectivity index (χ3v) is 4.96. The third-order valence-electron chi connectivity index (χ3n) is 4.96. The molecular weight excluding hydrogens is 365 g/mol. The number of carbonyl (C=O) groups is 1. The topological polar surface area (TPSA) is 57.8 Å². The first-order valence-electron chi connectivity index (χ1n) is 9.69. The lowest BCUT2D eigenvalue weighted by Gasteiger charge is -2.07. The van der Waals surface area contributed by atoms with Crippen LogP contribution in [0.5, 0.6) is 0 Å². The number of aromatic amines is 1. The molecule has 0 spiro atoms. The van der Waals surface area contributed by atoms with Gasteiger partial charge in [0.2, 0.25) is 5.91 Å². The number of hydrogen-bond acceptors (Lipinski definition) is 2. The van der Waals surface area contributed by atoms with Crippen molar-refractivity contribution < 1.29 is 9.18 Å². The molecule has 0 bridgehead atoms. The Balaban J connectivity index is 1.53. The number of aromatic nitrogens is 2. The van der Waals surface area contributed by atoms with E-state index < -0.39 is 5.82 Å². The molecule has 0 atom stereocenters. The molecule has 4 rings (SSSR count). The average Bonchev–Trinajstić information content (AvgIpc) is 3.08. The summed E-state index contributed by atoms with van der Waals surface area (Å²) in [4.78, 5) is 20.2. The molecule has 0 unspecified atom stereocenters. The molecule has 0 aliphatic heterocycles. The minimum absolute atomic E-state index is 0.189. The molecule has 1 amide bonds. The smallest absolute Gasteiger partial charge is 0.224 e. The Morgan fingerprint density at radius 2 is 1.93 bits per heavy atom. The Morgan fingerprint density at radius 1 is 1.10 bits per heavy atom. The fourth-order valence-corrected chi connectivity index (χ4v) is 3.55. The number of halogens is 1. The maximum Gasteiger partial charge on any atom is 0.224 e. The van der Waals surface area contributed by atoms with Crippen molar-refractivity contribution in [2.75, 3.05) is 5.32 Å². The first kappa shape index (κ1) is 18.9. The predicted molar refractivity (Wildman–Crippen MR) is 114 cm³/mol. The number of benzene rings is 2. The Kier molecular flexibility index (Phi) is 5.38. The summed E-state index contributed by atoms with van der Waals surface area (Å²) >= 11 is 0. The number of aryl methyl sites for hydroxylation is 2. The third kappa shape index (κ3) is 4.19. The summed E-state index contributed by atoms with van der Waals surface area (Å²) in [5, 5.41) is 3.80. The van der Waals surface area contributed by atoms with Crippen LogP contribution in [0.3, 0.4) is 0 Å². The van der Waals surface area contributed by atoms with E-state index in [1.165, 1.54) is 11.6 Å². The lowest BCUT2D eigenvalue weighted by Crippen LogP contribution is -2.12. The van der Waals surface area contributed by atoms with E-state index >= 15 is 0 Å². The average molecular weight is 387 g/mol. The van der Waals surface area contributed by atoms with Gasteiger partial charge < -0.3 is 10.3 Å². The molecule has 5 heteroatoms. The van der Waals surface area contributed by atoms with Crippen molar-refractivity contribution in [1.82, 2.24) is 9.97 Å². The number of pyridine rings is 1. The van der Waals surface area contributed by atoms with Crippen molar-refractivity contribution in [3.63, 3.8) is 0 Å². The van der Waals surface area contributed by atoms with E-state index in [-0.39, 0.29) is 11.6 Å². The van der Waals surface area contributed by atoms with Gasteiger partial charge in [0.1, 0.15) is 5.82 Å². The highest BCUT2D eigenvalue weighted by Crippen LogP contribution is 2.31. The van der Waals surface area contributed by atoms with E-state index in [4.69, 9.17) is 0 Å². The first-order valence-corrected chi connectivity index (χ1v) is 9.69. The fourth-order valence-electron chi connectivity index (χ4n) is 3.55. The van der Waals surface area contributed by atoms with Gasteiger partial charge in [-0.3, -0.25) is 9.78 Å². The molecular formula is C24H22FN3O. The van der Waals surface area contributed by atoms with E-state index in [1.54, 1.807) is 24.4 Å². The molecule has 0 aliphatic carbocycles. The van der Waals surface area contributed by atoms with Crippen LogP contribution in [0.25, 0.3) is 22.3 Å². The summed E-state index contributed by atoms with van der Waals surface area (Å²) in [5.74, 6) is -0.615. The van der Waals surface area contributed by atoms with Gasteiger partial charge in [-0.1, -0.05) is 29.8 Å². The zero-order valence-corrected chi connectivity index (χ0v) is 16.2. The molecule has 29 heavy (non-hydrogen) atoms. The number of carbonyl (C=O) groups excluding carboxylic acids is 1. The molecule has 0 saturated carbocycles. The minimum Gasteiger partial charge on any atom is -0.353 e. The number of hydrogen-bond donors (Lipinski definition) is 2. The summed E-state index contributed by atoms with van der Waals surface area (Å²) in [6, 6.07) is 18.3. The van der Waals surface area contributed by atoms with Crippen molar-refractivity contribution >= 4 is 22.5 Å². The van der Waals surface area contributed by atoms with Crippen LogP contribution in [-0.2, 0) is 11.2 Å². The van der Waals surface area contributed by atoms with Crippen LogP contribution in [-0.4, -0.2) is 15.9 Å². The van der Waals surface area contributed by atoms with Crippen LogP contribution in [0, 0.1) is 12.7 Å². The van der Waals surface area contributed by atoms with Crippen molar-refractivity contribution in [2.45, 2.75) is 26.2 Å². The van der Waals surface area contributed by atoms with Crippen LogP contribution < -0.4 is 5.32 Å². The molecule has 0 fully saturated rings. The highest BCUT2D eigenvalue weighted by Gasteiger charge is 2.15. The van der Waals surface area contributed by atoms with Crippen LogP contribution in [0.4, 0.5) is 10.1 Å². The maximum absolute atomic E-state index is 13.7. The summed E-state index contributed by atoms with van der Waals surface area (Å²) < 4.78 is 13.7. The van der Waals surface area contributed by atoms with Crippen molar-refractivity contribution in [2.24, 2.45) is 0 Å². The van der Waals surface area contributed by atoms with Crippen LogP contribution in [0.15, 0.2) is 66.9 Å². The van der Waals surface area contributed by atoms with E-state index in [0.717, 1.165) is 34.3 Å². The molecule has 4 aromatic rings. The molecule has 2 N–H and O–H groups in total. The number of nitrogens with zero attached hydrogens (tertiary/aromatic N) is 1. The van der Waals surface area contributed by atoms with Gasteiger partial charge in [0.25, 0.3) is 0 Å². The second kappa shape index (κ2) is 8.27. The van der Waals surface area contributed by atoms with Crippen LogP contribution >= 0.6 is 0 Å². The van der Waals surface area contributed by atoms with Crippen molar-refractivity contribution in [1.29, 1.82) is 0 Å². The summed E-state index contributed by atoms with van der Waals surface area (Å²) in [7, 11) is 0. The second-order valence-corrected chi connectivity index (χ2v) is 7.12. The fraction of sp³-hybridized carbons (Fsp3) is 0.167. The van der Waals surface area contributed by atoms with Crippen LogP contribution in [0.1, 0.15) is 24.0 Å².